The van der Waals surface area contributed by atoms with E-state index in [9.17, 15) is 19.2 Å². The number of hydrogen-bond acceptors (Lipinski definition) is 7. The fraction of sp³-hybridized carbons (Fsp3) is 0.333. The molecule has 0 heterocycles. The fourth-order valence-electron chi connectivity index (χ4n) is 1.80. The third-order valence-corrected chi connectivity index (χ3v) is 2.80. The van der Waals surface area contributed by atoms with Gasteiger partial charge in [0.25, 0.3) is 0 Å². The number of ether oxygens (including phenoxy) is 3. The summed E-state index contributed by atoms with van der Waals surface area (Å²) in [5.74, 6) is -5.63. The van der Waals surface area contributed by atoms with Gasteiger partial charge in [-0.25, -0.2) is 0 Å². The lowest BCUT2D eigenvalue weighted by molar-refractivity contribution is -0.168. The summed E-state index contributed by atoms with van der Waals surface area (Å²) in [6.45, 7) is 1.12. The van der Waals surface area contributed by atoms with E-state index in [4.69, 9.17) is 4.74 Å². The Morgan fingerprint density at radius 1 is 0.909 bits per heavy atom. The average molecular weight is 308 g/mol. The topological polar surface area (TPSA) is 96.0 Å². The second kappa shape index (κ2) is 7.92. The van der Waals surface area contributed by atoms with E-state index >= 15 is 0 Å². The summed E-state index contributed by atoms with van der Waals surface area (Å²) in [5.41, 5.74) is 0.334. The molecule has 0 amide bonds. The van der Waals surface area contributed by atoms with Gasteiger partial charge in [-0.3, -0.25) is 19.2 Å². The first-order chi connectivity index (χ1) is 10.4. The van der Waals surface area contributed by atoms with Crippen LogP contribution in [0.2, 0.25) is 0 Å². The molecule has 7 nitrogen and oxygen atoms in total. The highest BCUT2D eigenvalue weighted by Crippen LogP contribution is 2.23. The van der Waals surface area contributed by atoms with Crippen LogP contribution in [0.15, 0.2) is 30.3 Å². The molecule has 1 aromatic carbocycles. The first-order valence-electron chi connectivity index (χ1n) is 6.34. The van der Waals surface area contributed by atoms with Crippen molar-refractivity contribution in [2.75, 3.05) is 14.2 Å². The smallest absolute Gasteiger partial charge is 0.327 e. The Morgan fingerprint density at radius 3 is 1.82 bits per heavy atom. The maximum absolute atomic E-state index is 12.5. The van der Waals surface area contributed by atoms with Crippen LogP contribution in [0.25, 0.3) is 0 Å². The molecule has 0 aromatic heterocycles. The van der Waals surface area contributed by atoms with Crippen LogP contribution in [0.4, 0.5) is 0 Å². The van der Waals surface area contributed by atoms with Crippen molar-refractivity contribution in [3.8, 4) is 0 Å². The summed E-state index contributed by atoms with van der Waals surface area (Å²) in [5, 5.41) is 0. The van der Waals surface area contributed by atoms with E-state index in [0.717, 1.165) is 21.1 Å². The maximum Gasteiger partial charge on any atom is 0.327 e. The van der Waals surface area contributed by atoms with Crippen LogP contribution in [0, 0.1) is 5.92 Å². The van der Waals surface area contributed by atoms with Gasteiger partial charge >= 0.3 is 17.9 Å². The Bertz CT molecular complexity index is 549. The minimum Gasteiger partial charge on any atom is -0.468 e. The number of carbonyl (C=O) groups excluding carboxylic acids is 4. The van der Waals surface area contributed by atoms with Crippen molar-refractivity contribution < 1.29 is 33.4 Å². The molecule has 1 unspecified atom stereocenters. The van der Waals surface area contributed by atoms with Crippen molar-refractivity contribution in [1.82, 2.24) is 0 Å². The molecule has 0 aliphatic carbocycles. The molecular weight excluding hydrogens is 292 g/mol. The van der Waals surface area contributed by atoms with Gasteiger partial charge in [-0.1, -0.05) is 30.3 Å². The van der Waals surface area contributed by atoms with Gasteiger partial charge in [0, 0.05) is 12.5 Å². The van der Waals surface area contributed by atoms with E-state index in [1.54, 1.807) is 18.2 Å². The molecule has 0 aliphatic heterocycles. The molecule has 1 aromatic rings. The van der Waals surface area contributed by atoms with Gasteiger partial charge in [0.2, 0.25) is 11.7 Å². The summed E-state index contributed by atoms with van der Waals surface area (Å²) in [6.07, 6.45) is -1.40. The zero-order chi connectivity index (χ0) is 16.7. The number of hydrogen-bond donors (Lipinski definition) is 0. The van der Waals surface area contributed by atoms with E-state index in [0.29, 0.717) is 5.56 Å². The molecule has 0 N–H and O–H groups in total. The summed E-state index contributed by atoms with van der Waals surface area (Å²) in [7, 11) is 2.07. The molecule has 0 spiro atoms. The Hall–Kier alpha value is -2.70. The number of esters is 3. The molecule has 0 bridgehead atoms. The molecule has 0 saturated carbocycles. The van der Waals surface area contributed by atoms with Gasteiger partial charge in [-0.2, -0.15) is 0 Å². The zero-order valence-electron chi connectivity index (χ0n) is 12.4. The van der Waals surface area contributed by atoms with Gasteiger partial charge in [-0.05, 0) is 0 Å². The molecular formula is C15H16O7. The number of benzene rings is 1. The van der Waals surface area contributed by atoms with Crippen molar-refractivity contribution in [3.05, 3.63) is 35.9 Å². The minimum absolute atomic E-state index is 0.334. The van der Waals surface area contributed by atoms with E-state index in [1.165, 1.54) is 12.1 Å². The normalized spacial score (nSPS) is 11.5. The van der Waals surface area contributed by atoms with Crippen molar-refractivity contribution in [3.63, 3.8) is 0 Å². The number of rotatable bonds is 6. The molecule has 0 saturated heterocycles. The summed E-state index contributed by atoms with van der Waals surface area (Å²) in [6, 6.07) is 8.04. The van der Waals surface area contributed by atoms with E-state index < -0.39 is 35.7 Å². The van der Waals surface area contributed by atoms with Crippen molar-refractivity contribution in [2.24, 2.45) is 5.92 Å². The molecule has 7 heteroatoms. The Morgan fingerprint density at radius 2 is 1.41 bits per heavy atom. The van der Waals surface area contributed by atoms with Gasteiger partial charge < -0.3 is 14.2 Å². The molecule has 22 heavy (non-hydrogen) atoms. The standard InChI is InChI=1S/C15H16O7/c1-9(16)22-13(10-7-5-4-6-8-10)12(17)11(14(18)20-2)15(19)21-3/h4-8,11,13H,1-3H3. The number of methoxy groups -OCH3 is 2. The van der Waals surface area contributed by atoms with Crippen molar-refractivity contribution in [2.45, 2.75) is 13.0 Å². The Kier molecular flexibility index (Phi) is 6.25. The number of Topliss-reactive ketones (excluding diaryl/α,β-unsaturated/α-hetero) is 1. The monoisotopic (exact) mass is 308 g/mol. The average Bonchev–Trinajstić information content (AvgIpc) is 2.52. The Labute approximate surface area is 127 Å². The second-order valence-electron chi connectivity index (χ2n) is 4.28. The zero-order valence-corrected chi connectivity index (χ0v) is 12.4. The first kappa shape index (κ1) is 17.4. The van der Waals surface area contributed by atoms with Crippen LogP contribution in [0.3, 0.4) is 0 Å². The van der Waals surface area contributed by atoms with E-state index in [2.05, 4.69) is 9.47 Å². The lowest BCUT2D eigenvalue weighted by Gasteiger charge is -2.19. The minimum atomic E-state index is -1.82. The van der Waals surface area contributed by atoms with Gasteiger partial charge in [0.15, 0.2) is 6.10 Å². The lowest BCUT2D eigenvalue weighted by atomic mass is 9.95. The molecule has 0 fully saturated rings. The highest BCUT2D eigenvalue weighted by atomic mass is 16.6. The predicted octanol–water partition coefficient (Wildman–Crippen LogP) is 0.822. The number of carbonyl (C=O) groups is 4. The first-order valence-corrected chi connectivity index (χ1v) is 6.34. The van der Waals surface area contributed by atoms with Crippen LogP contribution >= 0.6 is 0 Å². The van der Waals surface area contributed by atoms with Crippen molar-refractivity contribution >= 4 is 23.7 Å². The van der Waals surface area contributed by atoms with E-state index in [1.807, 2.05) is 0 Å². The molecule has 1 rings (SSSR count). The maximum atomic E-state index is 12.5. The van der Waals surface area contributed by atoms with Crippen LogP contribution in [-0.4, -0.2) is 37.9 Å². The predicted molar refractivity (Wildman–Crippen MR) is 73.5 cm³/mol. The second-order valence-corrected chi connectivity index (χ2v) is 4.28. The summed E-state index contributed by atoms with van der Waals surface area (Å²) in [4.78, 5) is 47.1. The lowest BCUT2D eigenvalue weighted by Crippen LogP contribution is -2.38. The van der Waals surface area contributed by atoms with Gasteiger partial charge in [0.05, 0.1) is 14.2 Å². The van der Waals surface area contributed by atoms with Gasteiger partial charge in [-0.15, -0.1) is 0 Å². The third-order valence-electron chi connectivity index (χ3n) is 2.80. The third kappa shape index (κ3) is 4.15. The largest absolute Gasteiger partial charge is 0.468 e. The summed E-state index contributed by atoms with van der Waals surface area (Å²) >= 11 is 0. The molecule has 118 valence electrons. The number of ketones is 1. The Balaban J connectivity index is 3.21. The molecule has 0 aliphatic rings. The van der Waals surface area contributed by atoms with Crippen LogP contribution < -0.4 is 0 Å². The molecule has 0 radical (unpaired) electrons. The molecule has 1 atom stereocenters. The highest BCUT2D eigenvalue weighted by molar-refractivity contribution is 6.16. The van der Waals surface area contributed by atoms with E-state index in [-0.39, 0.29) is 0 Å². The SMILES string of the molecule is COC(=O)C(C(=O)OC)C(=O)C(OC(C)=O)c1ccccc1. The van der Waals surface area contributed by atoms with Crippen LogP contribution in [-0.2, 0) is 33.4 Å². The van der Waals surface area contributed by atoms with Crippen LogP contribution in [0.1, 0.15) is 18.6 Å². The quantitative estimate of drug-likeness (QED) is 0.436. The summed E-state index contributed by atoms with van der Waals surface area (Å²) < 4.78 is 13.9. The van der Waals surface area contributed by atoms with Crippen molar-refractivity contribution in [1.29, 1.82) is 0 Å². The highest BCUT2D eigenvalue weighted by Gasteiger charge is 2.42. The van der Waals surface area contributed by atoms with Gasteiger partial charge in [0.1, 0.15) is 0 Å². The van der Waals surface area contributed by atoms with Crippen LogP contribution in [0.5, 0.6) is 0 Å². The fourth-order valence-corrected chi connectivity index (χ4v) is 1.80.